The van der Waals surface area contributed by atoms with Crippen molar-refractivity contribution in [2.24, 2.45) is 0 Å². The number of rotatable bonds is 9. The van der Waals surface area contributed by atoms with E-state index in [0.29, 0.717) is 34.9 Å². The van der Waals surface area contributed by atoms with Gasteiger partial charge < -0.3 is 24.3 Å². The molecule has 32 heavy (non-hydrogen) atoms. The van der Waals surface area contributed by atoms with E-state index in [1.807, 2.05) is 55.5 Å². The Morgan fingerprint density at radius 2 is 1.47 bits per heavy atom. The largest absolute Gasteiger partial charge is 0.497 e. The highest BCUT2D eigenvalue weighted by atomic mass is 16.5. The Kier molecular flexibility index (Phi) is 7.75. The second kappa shape index (κ2) is 10.9. The Hall–Kier alpha value is -3.93. The van der Waals surface area contributed by atoms with E-state index in [-0.39, 0.29) is 5.91 Å². The predicted molar refractivity (Wildman–Crippen MR) is 127 cm³/mol. The molecular formula is C26H27NO5. The Balaban J connectivity index is 1.93. The molecule has 0 radical (unpaired) electrons. The summed E-state index contributed by atoms with van der Waals surface area (Å²) in [5, 5.41) is 2.93. The van der Waals surface area contributed by atoms with Crippen LogP contribution < -0.4 is 24.3 Å². The van der Waals surface area contributed by atoms with Crippen LogP contribution in [0.25, 0.3) is 12.2 Å². The summed E-state index contributed by atoms with van der Waals surface area (Å²) in [4.78, 5) is 13.2. The molecule has 0 saturated carbocycles. The van der Waals surface area contributed by atoms with Crippen LogP contribution in [0.4, 0.5) is 5.69 Å². The van der Waals surface area contributed by atoms with Crippen molar-refractivity contribution in [3.8, 4) is 23.0 Å². The summed E-state index contributed by atoms with van der Waals surface area (Å²) >= 11 is 0. The fourth-order valence-electron chi connectivity index (χ4n) is 3.16. The number of amides is 1. The topological polar surface area (TPSA) is 66.0 Å². The number of hydrogen-bond donors (Lipinski definition) is 1. The van der Waals surface area contributed by atoms with Crippen molar-refractivity contribution in [3.05, 3.63) is 77.4 Å². The highest BCUT2D eigenvalue weighted by molar-refractivity contribution is 6.09. The lowest BCUT2D eigenvalue weighted by Gasteiger charge is -2.14. The zero-order chi connectivity index (χ0) is 22.9. The zero-order valence-electron chi connectivity index (χ0n) is 18.7. The normalized spacial score (nSPS) is 10.6. The van der Waals surface area contributed by atoms with Crippen molar-refractivity contribution in [2.75, 3.05) is 33.3 Å². The van der Waals surface area contributed by atoms with Crippen molar-refractivity contribution in [2.45, 2.75) is 6.92 Å². The van der Waals surface area contributed by atoms with Gasteiger partial charge in [-0.1, -0.05) is 24.3 Å². The average molecular weight is 434 g/mol. The molecule has 6 nitrogen and oxygen atoms in total. The van der Waals surface area contributed by atoms with Crippen LogP contribution in [0.3, 0.4) is 0 Å². The van der Waals surface area contributed by atoms with E-state index in [0.717, 1.165) is 17.1 Å². The Labute approximate surface area is 188 Å². The standard InChI is InChI=1S/C26H27NO5/c1-5-32-22-14-10-20(11-15-22)27-26(28)25-19(16-23(30-3)17-24(25)31-4)9-6-18-7-12-21(29-2)13-8-18/h6-17H,5H2,1-4H3,(H,27,28)/b9-6+. The van der Waals surface area contributed by atoms with Crippen LogP contribution in [0.1, 0.15) is 28.4 Å². The smallest absolute Gasteiger partial charge is 0.260 e. The molecule has 0 aliphatic heterocycles. The Morgan fingerprint density at radius 3 is 2.06 bits per heavy atom. The Bertz CT molecular complexity index is 1070. The third-order valence-electron chi connectivity index (χ3n) is 4.78. The first-order valence-electron chi connectivity index (χ1n) is 10.2. The molecule has 0 bridgehead atoms. The third kappa shape index (κ3) is 5.60. The van der Waals surface area contributed by atoms with Gasteiger partial charge >= 0.3 is 0 Å². The second-order valence-electron chi connectivity index (χ2n) is 6.81. The highest BCUT2D eigenvalue weighted by Gasteiger charge is 2.18. The molecule has 0 spiro atoms. The van der Waals surface area contributed by atoms with Gasteiger partial charge in [0.1, 0.15) is 23.0 Å². The van der Waals surface area contributed by atoms with Gasteiger partial charge in [-0.2, -0.15) is 0 Å². The summed E-state index contributed by atoms with van der Waals surface area (Å²) < 4.78 is 21.6. The van der Waals surface area contributed by atoms with Crippen molar-refractivity contribution < 1.29 is 23.7 Å². The number of benzene rings is 3. The van der Waals surface area contributed by atoms with Crippen LogP contribution in [-0.4, -0.2) is 33.8 Å². The monoisotopic (exact) mass is 433 g/mol. The lowest BCUT2D eigenvalue weighted by Crippen LogP contribution is -2.15. The number of anilines is 1. The van der Waals surface area contributed by atoms with Crippen LogP contribution in [-0.2, 0) is 0 Å². The number of ether oxygens (including phenoxy) is 4. The molecule has 3 rings (SSSR count). The molecule has 0 aliphatic rings. The third-order valence-corrected chi connectivity index (χ3v) is 4.78. The molecular weight excluding hydrogens is 406 g/mol. The van der Waals surface area contributed by atoms with Crippen molar-refractivity contribution in [1.29, 1.82) is 0 Å². The van der Waals surface area contributed by atoms with E-state index >= 15 is 0 Å². The lowest BCUT2D eigenvalue weighted by atomic mass is 10.0. The summed E-state index contributed by atoms with van der Waals surface area (Å²) in [5.41, 5.74) is 2.69. The summed E-state index contributed by atoms with van der Waals surface area (Å²) in [6.07, 6.45) is 3.78. The van der Waals surface area contributed by atoms with E-state index in [9.17, 15) is 4.79 Å². The maximum absolute atomic E-state index is 13.2. The minimum absolute atomic E-state index is 0.289. The molecule has 0 atom stereocenters. The van der Waals surface area contributed by atoms with Gasteiger partial charge in [0, 0.05) is 11.8 Å². The van der Waals surface area contributed by atoms with Crippen molar-refractivity contribution in [1.82, 2.24) is 0 Å². The van der Waals surface area contributed by atoms with Crippen LogP contribution >= 0.6 is 0 Å². The number of carbonyl (C=O) groups excluding carboxylic acids is 1. The predicted octanol–water partition coefficient (Wildman–Crippen LogP) is 5.53. The molecule has 166 valence electrons. The number of methoxy groups -OCH3 is 3. The Morgan fingerprint density at radius 1 is 0.812 bits per heavy atom. The molecule has 0 aliphatic carbocycles. The lowest BCUT2D eigenvalue weighted by molar-refractivity contribution is 0.102. The number of nitrogens with one attached hydrogen (secondary N) is 1. The first kappa shape index (κ1) is 22.7. The van der Waals surface area contributed by atoms with Gasteiger partial charge in [-0.05, 0) is 60.5 Å². The minimum atomic E-state index is -0.289. The molecule has 3 aromatic rings. The molecule has 0 aromatic heterocycles. The van der Waals surface area contributed by atoms with E-state index in [2.05, 4.69) is 5.32 Å². The molecule has 0 fully saturated rings. The SMILES string of the molecule is CCOc1ccc(NC(=O)c2c(/C=C/c3ccc(OC)cc3)cc(OC)cc2OC)cc1. The van der Waals surface area contributed by atoms with E-state index < -0.39 is 0 Å². The average Bonchev–Trinajstić information content (AvgIpc) is 2.83. The summed E-state index contributed by atoms with van der Waals surface area (Å²) in [6.45, 7) is 2.51. The second-order valence-corrected chi connectivity index (χ2v) is 6.81. The van der Waals surface area contributed by atoms with Gasteiger partial charge in [0.05, 0.1) is 33.5 Å². The minimum Gasteiger partial charge on any atom is -0.497 e. The highest BCUT2D eigenvalue weighted by Crippen LogP contribution is 2.31. The summed E-state index contributed by atoms with van der Waals surface area (Å²) in [5.74, 6) is 2.25. The van der Waals surface area contributed by atoms with E-state index in [4.69, 9.17) is 18.9 Å². The summed E-state index contributed by atoms with van der Waals surface area (Å²) in [6, 6.07) is 18.4. The van der Waals surface area contributed by atoms with Gasteiger partial charge in [-0.15, -0.1) is 0 Å². The zero-order valence-corrected chi connectivity index (χ0v) is 18.7. The number of hydrogen-bond acceptors (Lipinski definition) is 5. The van der Waals surface area contributed by atoms with Crippen LogP contribution in [0.5, 0.6) is 23.0 Å². The van der Waals surface area contributed by atoms with Gasteiger partial charge in [-0.3, -0.25) is 4.79 Å². The molecule has 1 amide bonds. The van der Waals surface area contributed by atoms with Gasteiger partial charge in [-0.25, -0.2) is 0 Å². The van der Waals surface area contributed by atoms with Gasteiger partial charge in [0.25, 0.3) is 5.91 Å². The first-order valence-corrected chi connectivity index (χ1v) is 10.2. The molecule has 0 unspecified atom stereocenters. The molecule has 1 N–H and O–H groups in total. The van der Waals surface area contributed by atoms with E-state index in [1.54, 1.807) is 38.5 Å². The van der Waals surface area contributed by atoms with Crippen LogP contribution in [0, 0.1) is 0 Å². The van der Waals surface area contributed by atoms with Gasteiger partial charge in [0.15, 0.2) is 0 Å². The van der Waals surface area contributed by atoms with Gasteiger partial charge in [0.2, 0.25) is 0 Å². The molecule has 0 saturated heterocycles. The maximum atomic E-state index is 13.2. The molecule has 3 aromatic carbocycles. The van der Waals surface area contributed by atoms with Crippen LogP contribution in [0.15, 0.2) is 60.7 Å². The fraction of sp³-hybridized carbons (Fsp3) is 0.192. The summed E-state index contributed by atoms with van der Waals surface area (Å²) in [7, 11) is 4.73. The quantitative estimate of drug-likeness (QED) is 0.449. The molecule has 6 heteroatoms. The molecule has 0 heterocycles. The fourth-order valence-corrected chi connectivity index (χ4v) is 3.16. The maximum Gasteiger partial charge on any atom is 0.260 e. The van der Waals surface area contributed by atoms with E-state index in [1.165, 1.54) is 7.11 Å². The first-order chi connectivity index (χ1) is 15.6. The van der Waals surface area contributed by atoms with Crippen LogP contribution in [0.2, 0.25) is 0 Å². The van der Waals surface area contributed by atoms with Crippen molar-refractivity contribution >= 4 is 23.7 Å². The number of carbonyl (C=O) groups is 1. The van der Waals surface area contributed by atoms with Crippen molar-refractivity contribution in [3.63, 3.8) is 0 Å².